The Balaban J connectivity index is 1.91. The van der Waals surface area contributed by atoms with Crippen LogP contribution in [0, 0.1) is 0 Å². The number of ether oxygens (including phenoxy) is 2. The zero-order valence-electron chi connectivity index (χ0n) is 13.8. The average Bonchev–Trinajstić information content (AvgIpc) is 2.63. The number of halogens is 1. The summed E-state index contributed by atoms with van der Waals surface area (Å²) in [7, 11) is 0. The van der Waals surface area contributed by atoms with E-state index in [0.717, 1.165) is 21.2 Å². The fourth-order valence-corrected chi connectivity index (χ4v) is 3.49. The molecule has 1 aliphatic rings. The van der Waals surface area contributed by atoms with Crippen molar-refractivity contribution < 1.29 is 14.3 Å². The van der Waals surface area contributed by atoms with E-state index < -0.39 is 5.41 Å². The molecular formula is C20H21BrO3. The molecule has 0 N–H and O–H groups in total. The van der Waals surface area contributed by atoms with Gasteiger partial charge < -0.3 is 9.47 Å². The Labute approximate surface area is 151 Å². The summed E-state index contributed by atoms with van der Waals surface area (Å²) in [6.07, 6.45) is 1.34. The molecule has 2 aromatic carbocycles. The molecule has 0 spiro atoms. The van der Waals surface area contributed by atoms with Gasteiger partial charge in [0.1, 0.15) is 0 Å². The van der Waals surface area contributed by atoms with Crippen LogP contribution in [0.15, 0.2) is 53.0 Å². The second-order valence-corrected chi connectivity index (χ2v) is 6.91. The second-order valence-electron chi connectivity index (χ2n) is 6.00. The van der Waals surface area contributed by atoms with Gasteiger partial charge in [0, 0.05) is 17.7 Å². The minimum atomic E-state index is -0.577. The zero-order valence-corrected chi connectivity index (χ0v) is 15.3. The Kier molecular flexibility index (Phi) is 5.36. The number of rotatable bonds is 4. The van der Waals surface area contributed by atoms with E-state index in [2.05, 4.69) is 52.3 Å². The summed E-state index contributed by atoms with van der Waals surface area (Å²) in [5.41, 5.74) is 2.73. The molecule has 4 heteroatoms. The van der Waals surface area contributed by atoms with Crippen molar-refractivity contribution in [1.82, 2.24) is 0 Å². The van der Waals surface area contributed by atoms with Crippen LogP contribution in [0.4, 0.5) is 0 Å². The third-order valence-corrected chi connectivity index (χ3v) is 5.16. The van der Waals surface area contributed by atoms with Crippen molar-refractivity contribution in [3.8, 4) is 11.1 Å². The largest absolute Gasteiger partial charge is 0.465 e. The van der Waals surface area contributed by atoms with Gasteiger partial charge in [0.25, 0.3) is 0 Å². The standard InChI is InChI=1S/C20H21BrO3/c1-2-24-19(22)20(11-13-23-14-12-20)17-7-3-15(4-8-17)16-5-9-18(21)10-6-16/h3-10H,2,11-14H2,1H3. The monoisotopic (exact) mass is 388 g/mol. The molecule has 1 saturated heterocycles. The van der Waals surface area contributed by atoms with Gasteiger partial charge in [-0.1, -0.05) is 52.3 Å². The van der Waals surface area contributed by atoms with Crippen molar-refractivity contribution in [2.24, 2.45) is 0 Å². The summed E-state index contributed by atoms with van der Waals surface area (Å²) < 4.78 is 11.9. The molecule has 0 saturated carbocycles. The highest BCUT2D eigenvalue weighted by molar-refractivity contribution is 9.10. The molecule has 3 nitrogen and oxygen atoms in total. The van der Waals surface area contributed by atoms with E-state index in [0.29, 0.717) is 32.7 Å². The fraction of sp³-hybridized carbons (Fsp3) is 0.350. The van der Waals surface area contributed by atoms with Gasteiger partial charge in [-0.3, -0.25) is 4.79 Å². The smallest absolute Gasteiger partial charge is 0.316 e. The number of carbonyl (C=O) groups is 1. The number of hydrogen-bond acceptors (Lipinski definition) is 3. The maximum atomic E-state index is 12.6. The van der Waals surface area contributed by atoms with Crippen molar-refractivity contribution in [3.05, 3.63) is 58.6 Å². The first-order valence-corrected chi connectivity index (χ1v) is 9.06. The van der Waals surface area contributed by atoms with E-state index in [4.69, 9.17) is 9.47 Å². The maximum Gasteiger partial charge on any atom is 0.316 e. The predicted octanol–water partition coefficient (Wildman–Crippen LogP) is 4.73. The van der Waals surface area contributed by atoms with Crippen molar-refractivity contribution in [2.45, 2.75) is 25.2 Å². The van der Waals surface area contributed by atoms with E-state index in [1.165, 1.54) is 0 Å². The molecule has 0 aromatic heterocycles. The van der Waals surface area contributed by atoms with Crippen LogP contribution >= 0.6 is 15.9 Å². The summed E-state index contributed by atoms with van der Waals surface area (Å²) in [6.45, 7) is 3.43. The lowest BCUT2D eigenvalue weighted by Gasteiger charge is -2.35. The Hall–Kier alpha value is -1.65. The molecule has 1 fully saturated rings. The average molecular weight is 389 g/mol. The SMILES string of the molecule is CCOC(=O)C1(c2ccc(-c3ccc(Br)cc3)cc2)CCOCC1. The van der Waals surface area contributed by atoms with Gasteiger partial charge in [-0.05, 0) is 48.6 Å². The van der Waals surface area contributed by atoms with Crippen molar-refractivity contribution in [1.29, 1.82) is 0 Å². The van der Waals surface area contributed by atoms with Crippen molar-refractivity contribution >= 4 is 21.9 Å². The van der Waals surface area contributed by atoms with Crippen LogP contribution in [0.25, 0.3) is 11.1 Å². The highest BCUT2D eigenvalue weighted by atomic mass is 79.9. The molecule has 1 aliphatic heterocycles. The lowest BCUT2D eigenvalue weighted by atomic mass is 9.74. The molecule has 0 bridgehead atoms. The molecular weight excluding hydrogens is 368 g/mol. The molecule has 0 radical (unpaired) electrons. The van der Waals surface area contributed by atoms with Crippen molar-refractivity contribution in [3.63, 3.8) is 0 Å². The quantitative estimate of drug-likeness (QED) is 0.710. The van der Waals surface area contributed by atoms with Gasteiger partial charge in [0.05, 0.1) is 12.0 Å². The topological polar surface area (TPSA) is 35.5 Å². The number of carbonyl (C=O) groups excluding carboxylic acids is 1. The van der Waals surface area contributed by atoms with Crippen LogP contribution in [-0.4, -0.2) is 25.8 Å². The zero-order chi connectivity index (χ0) is 17.0. The van der Waals surface area contributed by atoms with E-state index in [-0.39, 0.29) is 5.97 Å². The predicted molar refractivity (Wildman–Crippen MR) is 97.9 cm³/mol. The van der Waals surface area contributed by atoms with E-state index in [1.54, 1.807) is 0 Å². The maximum absolute atomic E-state index is 12.6. The fourth-order valence-electron chi connectivity index (χ4n) is 3.22. The minimum absolute atomic E-state index is 0.135. The summed E-state index contributed by atoms with van der Waals surface area (Å²) in [5, 5.41) is 0. The van der Waals surface area contributed by atoms with Crippen LogP contribution in [0.1, 0.15) is 25.3 Å². The lowest BCUT2D eigenvalue weighted by Crippen LogP contribution is -2.42. The highest BCUT2D eigenvalue weighted by Crippen LogP contribution is 2.37. The van der Waals surface area contributed by atoms with Crippen LogP contribution in [-0.2, 0) is 19.7 Å². The molecule has 24 heavy (non-hydrogen) atoms. The first-order chi connectivity index (χ1) is 11.7. The molecule has 126 valence electrons. The van der Waals surface area contributed by atoms with Crippen LogP contribution in [0.5, 0.6) is 0 Å². The van der Waals surface area contributed by atoms with E-state index in [1.807, 2.05) is 19.1 Å². The molecule has 0 amide bonds. The van der Waals surface area contributed by atoms with Gasteiger partial charge >= 0.3 is 5.97 Å². The summed E-state index contributed by atoms with van der Waals surface area (Å²) in [4.78, 5) is 12.6. The molecule has 1 heterocycles. The van der Waals surface area contributed by atoms with Gasteiger partial charge in [-0.15, -0.1) is 0 Å². The van der Waals surface area contributed by atoms with E-state index in [9.17, 15) is 4.79 Å². The first-order valence-electron chi connectivity index (χ1n) is 8.27. The number of hydrogen-bond donors (Lipinski definition) is 0. The Bertz CT molecular complexity index is 686. The van der Waals surface area contributed by atoms with Gasteiger partial charge in [-0.25, -0.2) is 0 Å². The second kappa shape index (κ2) is 7.49. The third-order valence-electron chi connectivity index (χ3n) is 4.63. The normalized spacial score (nSPS) is 16.6. The Morgan fingerprint density at radius 2 is 1.58 bits per heavy atom. The number of esters is 1. The summed E-state index contributed by atoms with van der Waals surface area (Å²) in [5.74, 6) is -0.135. The number of benzene rings is 2. The van der Waals surface area contributed by atoms with Crippen LogP contribution in [0.3, 0.4) is 0 Å². The lowest BCUT2D eigenvalue weighted by molar-refractivity contribution is -0.154. The Morgan fingerprint density at radius 3 is 2.12 bits per heavy atom. The molecule has 2 aromatic rings. The molecule has 0 unspecified atom stereocenters. The van der Waals surface area contributed by atoms with Gasteiger partial charge in [0.2, 0.25) is 0 Å². The Morgan fingerprint density at radius 1 is 1.04 bits per heavy atom. The first kappa shape index (κ1) is 17.2. The van der Waals surface area contributed by atoms with Crippen LogP contribution < -0.4 is 0 Å². The van der Waals surface area contributed by atoms with E-state index >= 15 is 0 Å². The third kappa shape index (κ3) is 3.40. The molecule has 0 aliphatic carbocycles. The van der Waals surface area contributed by atoms with Crippen LogP contribution in [0.2, 0.25) is 0 Å². The van der Waals surface area contributed by atoms with Crippen molar-refractivity contribution in [2.75, 3.05) is 19.8 Å². The molecule has 0 atom stereocenters. The summed E-state index contributed by atoms with van der Waals surface area (Å²) >= 11 is 3.46. The van der Waals surface area contributed by atoms with Gasteiger partial charge in [0.15, 0.2) is 0 Å². The minimum Gasteiger partial charge on any atom is -0.465 e. The molecule has 3 rings (SSSR count). The highest BCUT2D eigenvalue weighted by Gasteiger charge is 2.43. The van der Waals surface area contributed by atoms with Gasteiger partial charge in [-0.2, -0.15) is 0 Å². The summed E-state index contributed by atoms with van der Waals surface area (Å²) in [6, 6.07) is 16.5.